The van der Waals surface area contributed by atoms with Crippen LogP contribution in [0.3, 0.4) is 0 Å². The van der Waals surface area contributed by atoms with Crippen LogP contribution < -0.4 is 0 Å². The Bertz CT molecular complexity index is 828. The Morgan fingerprint density at radius 3 is 2.74 bits per heavy atom. The molecule has 1 aliphatic heterocycles. The van der Waals surface area contributed by atoms with Gasteiger partial charge < -0.3 is 0 Å². The van der Waals surface area contributed by atoms with Gasteiger partial charge in [0, 0.05) is 31.4 Å². The Balaban J connectivity index is 1.75. The molecule has 0 amide bonds. The summed E-state index contributed by atoms with van der Waals surface area (Å²) in [6.07, 6.45) is 4.61. The maximum atomic E-state index is 6.24. The van der Waals surface area contributed by atoms with Crippen molar-refractivity contribution < 1.29 is 4.84 Å². The number of rotatable bonds is 2. The molecule has 1 fully saturated rings. The topological polar surface area (TPSA) is 25.4 Å². The molecule has 2 heterocycles. The summed E-state index contributed by atoms with van der Waals surface area (Å²) < 4.78 is 0. The predicted molar refractivity (Wildman–Crippen MR) is 91.7 cm³/mol. The van der Waals surface area contributed by atoms with E-state index >= 15 is 0 Å². The fourth-order valence-electron chi connectivity index (χ4n) is 3.61. The average molecular weight is 304 g/mol. The van der Waals surface area contributed by atoms with Crippen LogP contribution in [0.2, 0.25) is 0 Å². The summed E-state index contributed by atoms with van der Waals surface area (Å²) in [6, 6.07) is 19.3. The summed E-state index contributed by atoms with van der Waals surface area (Å²) in [4.78, 5) is 10.5. The van der Waals surface area contributed by atoms with Crippen molar-refractivity contribution in [1.29, 1.82) is 0 Å². The maximum Gasteiger partial charge on any atom is 0.115 e. The third kappa shape index (κ3) is 2.42. The van der Waals surface area contributed by atoms with E-state index in [1.807, 2.05) is 24.4 Å². The third-order valence-corrected chi connectivity index (χ3v) is 4.82. The molecule has 23 heavy (non-hydrogen) atoms. The quantitative estimate of drug-likeness (QED) is 0.699. The zero-order valence-electron chi connectivity index (χ0n) is 13.4. The summed E-state index contributed by atoms with van der Waals surface area (Å²) in [6.45, 7) is 2.14. The molecule has 1 saturated heterocycles. The molecule has 0 aliphatic carbocycles. The summed E-state index contributed by atoms with van der Waals surface area (Å²) in [5, 5.41) is 4.56. The fourth-order valence-corrected chi connectivity index (χ4v) is 3.61. The van der Waals surface area contributed by atoms with E-state index in [1.165, 1.54) is 16.3 Å². The summed E-state index contributed by atoms with van der Waals surface area (Å²) in [7, 11) is 2.02. The van der Waals surface area contributed by atoms with E-state index in [1.54, 1.807) is 6.20 Å². The monoisotopic (exact) mass is 304 g/mol. The Kier molecular flexibility index (Phi) is 3.40. The highest BCUT2D eigenvalue weighted by Gasteiger charge is 2.43. The van der Waals surface area contributed by atoms with E-state index in [0.29, 0.717) is 0 Å². The molecule has 3 nitrogen and oxygen atoms in total. The first-order chi connectivity index (χ1) is 11.2. The van der Waals surface area contributed by atoms with Crippen LogP contribution in [0.1, 0.15) is 30.5 Å². The maximum absolute atomic E-state index is 6.24. The number of aromatic nitrogens is 1. The largest absolute Gasteiger partial charge is 0.287 e. The van der Waals surface area contributed by atoms with E-state index in [9.17, 15) is 0 Å². The minimum atomic E-state index is -0.343. The van der Waals surface area contributed by atoms with Crippen LogP contribution in [0.4, 0.5) is 0 Å². The highest BCUT2D eigenvalue weighted by molar-refractivity contribution is 5.86. The third-order valence-electron chi connectivity index (χ3n) is 4.82. The number of benzene rings is 2. The molecule has 1 aliphatic rings. The van der Waals surface area contributed by atoms with Crippen LogP contribution in [-0.2, 0) is 10.4 Å². The SMILES string of the molecule is CN1OC(C)(c2cccnc2)CC1c1cccc2ccccc12. The van der Waals surface area contributed by atoms with Crippen molar-refractivity contribution in [3.63, 3.8) is 0 Å². The van der Waals surface area contributed by atoms with Gasteiger partial charge in [-0.05, 0) is 29.3 Å². The van der Waals surface area contributed by atoms with Crippen molar-refractivity contribution in [2.45, 2.75) is 25.0 Å². The van der Waals surface area contributed by atoms with Gasteiger partial charge in [0.1, 0.15) is 5.60 Å². The molecule has 1 aromatic heterocycles. The van der Waals surface area contributed by atoms with Crippen LogP contribution in [0.5, 0.6) is 0 Å². The standard InChI is InChI=1S/C20H20N2O/c1-20(16-9-6-12-21-14-16)13-19(22(2)23-20)18-11-5-8-15-7-3-4-10-17(15)18/h3-12,14,19H,13H2,1-2H3. The predicted octanol–water partition coefficient (Wildman–Crippen LogP) is 4.46. The zero-order chi connectivity index (χ0) is 15.9. The van der Waals surface area contributed by atoms with Crippen molar-refractivity contribution in [2.24, 2.45) is 0 Å². The molecule has 0 radical (unpaired) electrons. The highest BCUT2D eigenvalue weighted by Crippen LogP contribution is 2.46. The van der Waals surface area contributed by atoms with Gasteiger partial charge >= 0.3 is 0 Å². The van der Waals surface area contributed by atoms with Gasteiger partial charge in [0.25, 0.3) is 0 Å². The van der Waals surface area contributed by atoms with Gasteiger partial charge in [-0.15, -0.1) is 0 Å². The normalized spacial score (nSPS) is 25.0. The average Bonchev–Trinajstić information content (AvgIpc) is 2.91. The van der Waals surface area contributed by atoms with Gasteiger partial charge in [-0.2, -0.15) is 5.06 Å². The van der Waals surface area contributed by atoms with Crippen LogP contribution >= 0.6 is 0 Å². The Labute approximate surface area is 136 Å². The van der Waals surface area contributed by atoms with E-state index < -0.39 is 0 Å². The lowest BCUT2D eigenvalue weighted by Crippen LogP contribution is -2.23. The van der Waals surface area contributed by atoms with Crippen molar-refractivity contribution in [2.75, 3.05) is 7.05 Å². The Hall–Kier alpha value is -2.23. The molecule has 2 aromatic carbocycles. The second-order valence-corrected chi connectivity index (χ2v) is 6.40. The molecule has 0 spiro atoms. The van der Waals surface area contributed by atoms with Gasteiger partial charge in [-0.3, -0.25) is 9.82 Å². The lowest BCUT2D eigenvalue weighted by molar-refractivity contribution is -0.188. The van der Waals surface area contributed by atoms with Gasteiger partial charge in [-0.1, -0.05) is 48.5 Å². The number of hydrogen-bond donors (Lipinski definition) is 0. The van der Waals surface area contributed by atoms with Gasteiger partial charge in [-0.25, -0.2) is 0 Å². The lowest BCUT2D eigenvalue weighted by atomic mass is 9.87. The minimum absolute atomic E-state index is 0.228. The molecular weight excluding hydrogens is 284 g/mol. The molecular formula is C20H20N2O. The fraction of sp³-hybridized carbons (Fsp3) is 0.250. The second kappa shape index (κ2) is 5.44. The van der Waals surface area contributed by atoms with E-state index in [-0.39, 0.29) is 11.6 Å². The molecule has 2 atom stereocenters. The van der Waals surface area contributed by atoms with E-state index in [2.05, 4.69) is 60.4 Å². The molecule has 3 aromatic rings. The molecule has 0 bridgehead atoms. The van der Waals surface area contributed by atoms with Crippen LogP contribution in [0, 0.1) is 0 Å². The Morgan fingerprint density at radius 1 is 1.09 bits per heavy atom. The van der Waals surface area contributed by atoms with Crippen LogP contribution in [0.15, 0.2) is 67.0 Å². The van der Waals surface area contributed by atoms with Crippen molar-refractivity contribution in [3.8, 4) is 0 Å². The Morgan fingerprint density at radius 2 is 1.91 bits per heavy atom. The molecule has 2 unspecified atom stereocenters. The van der Waals surface area contributed by atoms with Crippen molar-refractivity contribution in [1.82, 2.24) is 10.0 Å². The summed E-state index contributed by atoms with van der Waals surface area (Å²) >= 11 is 0. The lowest BCUT2D eigenvalue weighted by Gasteiger charge is -2.23. The first kappa shape index (κ1) is 14.4. The minimum Gasteiger partial charge on any atom is -0.287 e. The zero-order valence-corrected chi connectivity index (χ0v) is 13.4. The second-order valence-electron chi connectivity index (χ2n) is 6.40. The number of hydrogen-bond acceptors (Lipinski definition) is 3. The molecule has 116 valence electrons. The molecule has 0 N–H and O–H groups in total. The van der Waals surface area contributed by atoms with Crippen molar-refractivity contribution in [3.05, 3.63) is 78.1 Å². The van der Waals surface area contributed by atoms with Crippen LogP contribution in [-0.4, -0.2) is 17.1 Å². The first-order valence-corrected chi connectivity index (χ1v) is 7.97. The van der Waals surface area contributed by atoms with E-state index in [4.69, 9.17) is 4.84 Å². The number of nitrogens with zero attached hydrogens (tertiary/aromatic N) is 2. The molecule has 0 saturated carbocycles. The van der Waals surface area contributed by atoms with Gasteiger partial charge in [0.2, 0.25) is 0 Å². The van der Waals surface area contributed by atoms with E-state index in [0.717, 1.165) is 12.0 Å². The summed E-state index contributed by atoms with van der Waals surface area (Å²) in [5.41, 5.74) is 2.10. The molecule has 3 heteroatoms. The number of fused-ring (bicyclic) bond motifs is 1. The number of hydroxylamine groups is 2. The molecule has 4 rings (SSSR count). The van der Waals surface area contributed by atoms with Crippen molar-refractivity contribution >= 4 is 10.8 Å². The number of pyridine rings is 1. The van der Waals surface area contributed by atoms with Gasteiger partial charge in [0.05, 0.1) is 6.04 Å². The smallest absolute Gasteiger partial charge is 0.115 e. The highest BCUT2D eigenvalue weighted by atomic mass is 16.7. The van der Waals surface area contributed by atoms with Crippen LogP contribution in [0.25, 0.3) is 10.8 Å². The van der Waals surface area contributed by atoms with Gasteiger partial charge in [0.15, 0.2) is 0 Å². The summed E-state index contributed by atoms with van der Waals surface area (Å²) in [5.74, 6) is 0. The first-order valence-electron chi connectivity index (χ1n) is 7.97.